The highest BCUT2D eigenvalue weighted by Crippen LogP contribution is 1.94. The average Bonchev–Trinajstić information content (AvgIpc) is 2.68. The summed E-state index contributed by atoms with van der Waals surface area (Å²) in [4.78, 5) is 0. The third kappa shape index (κ3) is 5.85. The first kappa shape index (κ1) is 13.2. The van der Waals surface area contributed by atoms with E-state index in [1.165, 1.54) is 5.56 Å². The van der Waals surface area contributed by atoms with Crippen molar-refractivity contribution in [2.45, 2.75) is 13.0 Å². The van der Waals surface area contributed by atoms with Gasteiger partial charge in [0.05, 0.1) is 12.8 Å². The van der Waals surface area contributed by atoms with Crippen LogP contribution in [0.5, 0.6) is 0 Å². The van der Waals surface area contributed by atoms with Gasteiger partial charge in [-0.15, -0.1) is 0 Å². The molecule has 0 fully saturated rings. The maximum absolute atomic E-state index is 5.42. The third-order valence-corrected chi connectivity index (χ3v) is 2.15. The first-order valence-corrected chi connectivity index (χ1v) is 5.58. The molecule has 0 aliphatic rings. The highest BCUT2D eigenvalue weighted by atomic mass is 16.5. The third-order valence-electron chi connectivity index (χ3n) is 2.15. The van der Waals surface area contributed by atoms with Crippen molar-refractivity contribution in [1.82, 2.24) is 15.1 Å². The van der Waals surface area contributed by atoms with Crippen LogP contribution < -0.4 is 5.32 Å². The van der Waals surface area contributed by atoms with Gasteiger partial charge in [0.25, 0.3) is 0 Å². The molecule has 92 valence electrons. The van der Waals surface area contributed by atoms with Crippen LogP contribution in [0.2, 0.25) is 0 Å². The van der Waals surface area contributed by atoms with E-state index in [0.29, 0.717) is 0 Å². The Bertz CT molecular complexity index is 276. The number of methoxy groups -OCH3 is 1. The molecule has 0 aromatic carbocycles. The monoisotopic (exact) mass is 227 g/mol. The molecule has 0 spiro atoms. The Hall–Kier alpha value is -0.910. The quantitative estimate of drug-likeness (QED) is 0.626. The molecule has 16 heavy (non-hydrogen) atoms. The van der Waals surface area contributed by atoms with Gasteiger partial charge in [-0.05, 0) is 6.42 Å². The highest BCUT2D eigenvalue weighted by Gasteiger charge is 1.95. The van der Waals surface area contributed by atoms with Gasteiger partial charge in [0.15, 0.2) is 0 Å². The number of hydrogen-bond donors (Lipinski definition) is 1. The number of nitrogens with one attached hydrogen (secondary N) is 1. The fourth-order valence-electron chi connectivity index (χ4n) is 1.35. The number of aryl methyl sites for hydroxylation is 1. The van der Waals surface area contributed by atoms with Crippen LogP contribution in [0.4, 0.5) is 0 Å². The van der Waals surface area contributed by atoms with E-state index in [-0.39, 0.29) is 0 Å². The first-order valence-electron chi connectivity index (χ1n) is 5.58. The van der Waals surface area contributed by atoms with Crippen molar-refractivity contribution in [2.75, 3.05) is 33.5 Å². The van der Waals surface area contributed by atoms with Crippen LogP contribution >= 0.6 is 0 Å². The highest BCUT2D eigenvalue weighted by molar-refractivity contribution is 5.02. The number of aromatic nitrogens is 2. The van der Waals surface area contributed by atoms with Gasteiger partial charge < -0.3 is 14.8 Å². The van der Waals surface area contributed by atoms with Crippen molar-refractivity contribution in [3.8, 4) is 0 Å². The molecule has 0 amide bonds. The van der Waals surface area contributed by atoms with Crippen LogP contribution in [0.25, 0.3) is 0 Å². The topological polar surface area (TPSA) is 48.3 Å². The number of hydrogen-bond acceptors (Lipinski definition) is 4. The SMILES string of the molecule is COCCCOCCNCc1cnn(C)c1. The van der Waals surface area contributed by atoms with E-state index < -0.39 is 0 Å². The van der Waals surface area contributed by atoms with Gasteiger partial charge in [0.1, 0.15) is 0 Å². The molecule has 1 aromatic rings. The van der Waals surface area contributed by atoms with Crippen LogP contribution in [0.15, 0.2) is 12.4 Å². The van der Waals surface area contributed by atoms with Gasteiger partial charge in [-0.3, -0.25) is 4.68 Å². The van der Waals surface area contributed by atoms with Crippen molar-refractivity contribution < 1.29 is 9.47 Å². The summed E-state index contributed by atoms with van der Waals surface area (Å²) in [7, 11) is 3.62. The van der Waals surface area contributed by atoms with E-state index in [0.717, 1.165) is 39.3 Å². The Morgan fingerprint density at radius 3 is 2.94 bits per heavy atom. The second kappa shape index (κ2) is 8.27. The van der Waals surface area contributed by atoms with E-state index >= 15 is 0 Å². The van der Waals surface area contributed by atoms with Crippen molar-refractivity contribution >= 4 is 0 Å². The molecular formula is C11H21N3O2. The summed E-state index contributed by atoms with van der Waals surface area (Å²) in [5, 5.41) is 7.39. The lowest BCUT2D eigenvalue weighted by atomic mass is 10.3. The molecule has 1 rings (SSSR count). The predicted molar refractivity (Wildman–Crippen MR) is 62.2 cm³/mol. The van der Waals surface area contributed by atoms with E-state index in [4.69, 9.17) is 9.47 Å². The molecule has 0 saturated carbocycles. The lowest BCUT2D eigenvalue weighted by Crippen LogP contribution is -2.19. The number of rotatable bonds is 9. The van der Waals surface area contributed by atoms with E-state index in [1.807, 2.05) is 19.4 Å². The Balaban J connectivity index is 1.88. The van der Waals surface area contributed by atoms with E-state index in [1.54, 1.807) is 11.8 Å². The van der Waals surface area contributed by atoms with E-state index in [2.05, 4.69) is 10.4 Å². The van der Waals surface area contributed by atoms with Gasteiger partial charge in [-0.25, -0.2) is 0 Å². The Morgan fingerprint density at radius 1 is 1.38 bits per heavy atom. The van der Waals surface area contributed by atoms with E-state index in [9.17, 15) is 0 Å². The normalized spacial score (nSPS) is 10.9. The fraction of sp³-hybridized carbons (Fsp3) is 0.727. The predicted octanol–water partition coefficient (Wildman–Crippen LogP) is 0.563. The summed E-state index contributed by atoms with van der Waals surface area (Å²) in [5.41, 5.74) is 1.20. The minimum absolute atomic E-state index is 0.740. The zero-order valence-electron chi connectivity index (χ0n) is 10.1. The molecule has 1 heterocycles. The van der Waals surface area contributed by atoms with Crippen molar-refractivity contribution in [2.24, 2.45) is 7.05 Å². The van der Waals surface area contributed by atoms with Crippen LogP contribution in [0, 0.1) is 0 Å². The maximum Gasteiger partial charge on any atom is 0.0591 e. The smallest absolute Gasteiger partial charge is 0.0591 e. The molecule has 0 aliphatic heterocycles. The zero-order chi connectivity index (χ0) is 11.6. The first-order chi connectivity index (χ1) is 7.83. The second-order valence-electron chi connectivity index (χ2n) is 3.66. The summed E-state index contributed by atoms with van der Waals surface area (Å²) in [6.45, 7) is 3.98. The molecule has 5 nitrogen and oxygen atoms in total. The molecular weight excluding hydrogens is 206 g/mol. The van der Waals surface area contributed by atoms with Gasteiger partial charge in [-0.2, -0.15) is 5.10 Å². The van der Waals surface area contributed by atoms with Crippen molar-refractivity contribution in [3.05, 3.63) is 18.0 Å². The summed E-state index contributed by atoms with van der Waals surface area (Å²) < 4.78 is 12.1. The van der Waals surface area contributed by atoms with Crippen molar-refractivity contribution in [3.63, 3.8) is 0 Å². The molecule has 1 aromatic heterocycles. The molecule has 0 aliphatic carbocycles. The summed E-state index contributed by atoms with van der Waals surface area (Å²) >= 11 is 0. The lowest BCUT2D eigenvalue weighted by molar-refractivity contribution is 0.104. The van der Waals surface area contributed by atoms with Crippen LogP contribution in [-0.4, -0.2) is 43.3 Å². The second-order valence-corrected chi connectivity index (χ2v) is 3.66. The molecule has 5 heteroatoms. The summed E-state index contributed by atoms with van der Waals surface area (Å²) in [5.74, 6) is 0. The Morgan fingerprint density at radius 2 is 2.25 bits per heavy atom. The van der Waals surface area contributed by atoms with Gasteiger partial charge in [0.2, 0.25) is 0 Å². The van der Waals surface area contributed by atoms with Gasteiger partial charge in [0, 0.05) is 52.2 Å². The standard InChI is InChI=1S/C11H21N3O2/c1-14-10-11(9-13-14)8-12-4-7-16-6-3-5-15-2/h9-10,12H,3-8H2,1-2H3. The summed E-state index contributed by atoms with van der Waals surface area (Å²) in [6.07, 6.45) is 4.83. The molecule has 0 bridgehead atoms. The molecule has 0 atom stereocenters. The Kier molecular flexibility index (Phi) is 6.80. The average molecular weight is 227 g/mol. The van der Waals surface area contributed by atoms with Crippen LogP contribution in [0.3, 0.4) is 0 Å². The molecule has 1 N–H and O–H groups in total. The lowest BCUT2D eigenvalue weighted by Gasteiger charge is -2.04. The zero-order valence-corrected chi connectivity index (χ0v) is 10.1. The van der Waals surface area contributed by atoms with Gasteiger partial charge >= 0.3 is 0 Å². The minimum Gasteiger partial charge on any atom is -0.385 e. The molecule has 0 unspecified atom stereocenters. The minimum atomic E-state index is 0.740. The Labute approximate surface area is 96.7 Å². The van der Waals surface area contributed by atoms with Crippen LogP contribution in [-0.2, 0) is 23.1 Å². The maximum atomic E-state index is 5.42. The van der Waals surface area contributed by atoms with Crippen LogP contribution in [0.1, 0.15) is 12.0 Å². The molecule has 0 radical (unpaired) electrons. The summed E-state index contributed by atoms with van der Waals surface area (Å²) in [6, 6.07) is 0. The largest absolute Gasteiger partial charge is 0.385 e. The van der Waals surface area contributed by atoms with Gasteiger partial charge in [-0.1, -0.05) is 0 Å². The number of nitrogens with zero attached hydrogens (tertiary/aromatic N) is 2. The fourth-order valence-corrected chi connectivity index (χ4v) is 1.35. The van der Waals surface area contributed by atoms with Crippen molar-refractivity contribution in [1.29, 1.82) is 0 Å². The number of ether oxygens (including phenoxy) is 2. The molecule has 0 saturated heterocycles.